The fraction of sp³-hybridized carbons (Fsp3) is 0.529. The van der Waals surface area contributed by atoms with Crippen molar-refractivity contribution in [3.63, 3.8) is 0 Å². The molecule has 0 radical (unpaired) electrons. The van der Waals surface area contributed by atoms with Gasteiger partial charge in [0.05, 0.1) is 22.2 Å². The monoisotopic (exact) mass is 355 g/mol. The lowest BCUT2D eigenvalue weighted by Crippen LogP contribution is -2.54. The Kier molecular flexibility index (Phi) is 6.88. The van der Waals surface area contributed by atoms with Gasteiger partial charge in [-0.25, -0.2) is 0 Å². The first-order valence-electron chi connectivity index (χ1n) is 7.48. The summed E-state index contributed by atoms with van der Waals surface area (Å²) in [5.74, 6) is -0.181. The molecule has 0 aromatic heterocycles. The molecule has 126 valence electrons. The number of hydrogen-bond donors (Lipinski definition) is 1. The van der Waals surface area contributed by atoms with Crippen molar-refractivity contribution in [2.75, 3.05) is 7.05 Å². The first kappa shape index (κ1) is 19.8. The van der Waals surface area contributed by atoms with Crippen molar-refractivity contribution in [1.82, 2.24) is 10.2 Å². The molecule has 0 unspecified atom stereocenters. The topological polar surface area (TPSA) is 56.1 Å². The Morgan fingerprint density at radius 3 is 2.52 bits per heavy atom. The molecular formula is C17H23Cl2N3O. The fourth-order valence-corrected chi connectivity index (χ4v) is 2.32. The van der Waals surface area contributed by atoms with Crippen LogP contribution < -0.4 is 5.32 Å². The molecule has 1 amide bonds. The summed E-state index contributed by atoms with van der Waals surface area (Å²) < 4.78 is 0. The van der Waals surface area contributed by atoms with Crippen LogP contribution in [0.1, 0.15) is 33.3 Å². The van der Waals surface area contributed by atoms with Crippen LogP contribution in [0.5, 0.6) is 0 Å². The number of nitrogens with zero attached hydrogens (tertiary/aromatic N) is 2. The highest BCUT2D eigenvalue weighted by Gasteiger charge is 2.32. The molecule has 0 saturated carbocycles. The minimum Gasteiger partial charge on any atom is -0.336 e. The van der Waals surface area contributed by atoms with Gasteiger partial charge in [-0.15, -0.1) is 0 Å². The van der Waals surface area contributed by atoms with Gasteiger partial charge in [0, 0.05) is 6.54 Å². The minimum absolute atomic E-state index is 0.0105. The van der Waals surface area contributed by atoms with Gasteiger partial charge in [0.2, 0.25) is 5.91 Å². The van der Waals surface area contributed by atoms with Crippen molar-refractivity contribution in [3.8, 4) is 6.07 Å². The van der Waals surface area contributed by atoms with Gasteiger partial charge in [-0.2, -0.15) is 5.26 Å². The van der Waals surface area contributed by atoms with Crippen molar-refractivity contribution < 1.29 is 4.79 Å². The van der Waals surface area contributed by atoms with E-state index in [9.17, 15) is 10.1 Å². The highest BCUT2D eigenvalue weighted by molar-refractivity contribution is 6.42. The van der Waals surface area contributed by atoms with Crippen LogP contribution in [0.2, 0.25) is 10.0 Å². The van der Waals surface area contributed by atoms with E-state index in [-0.39, 0.29) is 11.8 Å². The molecule has 23 heavy (non-hydrogen) atoms. The van der Waals surface area contributed by atoms with E-state index in [4.69, 9.17) is 23.2 Å². The first-order valence-corrected chi connectivity index (χ1v) is 8.24. The second-order valence-electron chi connectivity index (χ2n) is 6.26. The number of halogens is 2. The fourth-order valence-electron chi connectivity index (χ4n) is 1.94. The quantitative estimate of drug-likeness (QED) is 0.842. The zero-order valence-corrected chi connectivity index (χ0v) is 15.7. The number of hydrogen-bond acceptors (Lipinski definition) is 3. The van der Waals surface area contributed by atoms with Gasteiger partial charge < -0.3 is 5.32 Å². The van der Waals surface area contributed by atoms with Gasteiger partial charge in [0.1, 0.15) is 5.54 Å². The average Bonchev–Trinajstić information content (AvgIpc) is 2.50. The van der Waals surface area contributed by atoms with E-state index < -0.39 is 11.6 Å². The highest BCUT2D eigenvalue weighted by atomic mass is 35.5. The maximum atomic E-state index is 12.4. The summed E-state index contributed by atoms with van der Waals surface area (Å²) in [6.45, 7) is 7.83. The summed E-state index contributed by atoms with van der Waals surface area (Å²) in [4.78, 5) is 14.3. The lowest BCUT2D eigenvalue weighted by molar-refractivity contribution is -0.127. The van der Waals surface area contributed by atoms with Gasteiger partial charge in [-0.1, -0.05) is 49.2 Å². The van der Waals surface area contributed by atoms with E-state index in [2.05, 4.69) is 11.4 Å². The standard InChI is InChI=1S/C17H23Cl2N3O/c1-11(2)17(4,10-20)21-16(23)12(3)22(5)9-13-7-6-8-14(18)15(13)19/h6-8,11-12H,9H2,1-5H3,(H,21,23)/t12-,17+/m0/s1. The molecule has 6 heteroatoms. The number of nitrogens with one attached hydrogen (secondary N) is 1. The average molecular weight is 356 g/mol. The molecule has 1 aromatic carbocycles. The highest BCUT2D eigenvalue weighted by Crippen LogP contribution is 2.26. The number of likely N-dealkylation sites (N-methyl/N-ethyl adjacent to an activating group) is 1. The zero-order valence-electron chi connectivity index (χ0n) is 14.2. The lowest BCUT2D eigenvalue weighted by atomic mass is 9.90. The second kappa shape index (κ2) is 8.01. The Bertz CT molecular complexity index is 612. The molecule has 0 aliphatic rings. The van der Waals surface area contributed by atoms with Gasteiger partial charge in [0.15, 0.2) is 0 Å². The molecule has 0 bridgehead atoms. The summed E-state index contributed by atoms with van der Waals surface area (Å²) in [6.07, 6.45) is 0. The van der Waals surface area contributed by atoms with E-state index in [1.807, 2.05) is 37.9 Å². The van der Waals surface area contributed by atoms with Gasteiger partial charge in [-0.3, -0.25) is 9.69 Å². The van der Waals surface area contributed by atoms with Crippen molar-refractivity contribution in [1.29, 1.82) is 5.26 Å². The molecule has 0 saturated heterocycles. The van der Waals surface area contributed by atoms with Crippen LogP contribution >= 0.6 is 23.2 Å². The number of carbonyl (C=O) groups excluding carboxylic acids is 1. The second-order valence-corrected chi connectivity index (χ2v) is 7.05. The normalized spacial score (nSPS) is 15.1. The number of carbonyl (C=O) groups is 1. The number of nitriles is 1. The van der Waals surface area contributed by atoms with E-state index >= 15 is 0 Å². The summed E-state index contributed by atoms with van der Waals surface area (Å²) >= 11 is 12.2. The van der Waals surface area contributed by atoms with Crippen molar-refractivity contribution in [3.05, 3.63) is 33.8 Å². The molecule has 2 atom stereocenters. The number of amides is 1. The van der Waals surface area contributed by atoms with Gasteiger partial charge in [-0.05, 0) is 38.4 Å². The van der Waals surface area contributed by atoms with E-state index in [1.54, 1.807) is 19.9 Å². The van der Waals surface area contributed by atoms with E-state index in [0.29, 0.717) is 16.6 Å². The molecular weight excluding hydrogens is 333 g/mol. The lowest BCUT2D eigenvalue weighted by Gasteiger charge is -2.31. The van der Waals surface area contributed by atoms with Crippen LogP contribution in [0.3, 0.4) is 0 Å². The summed E-state index contributed by atoms with van der Waals surface area (Å²) in [5, 5.41) is 13.1. The van der Waals surface area contributed by atoms with Crippen molar-refractivity contribution in [2.45, 2.75) is 45.8 Å². The Morgan fingerprint density at radius 2 is 2.00 bits per heavy atom. The van der Waals surface area contributed by atoms with Crippen molar-refractivity contribution in [2.24, 2.45) is 5.92 Å². The van der Waals surface area contributed by atoms with E-state index in [1.165, 1.54) is 0 Å². The molecule has 0 aliphatic heterocycles. The van der Waals surface area contributed by atoms with Crippen LogP contribution in [-0.2, 0) is 11.3 Å². The minimum atomic E-state index is -0.889. The predicted molar refractivity (Wildman–Crippen MR) is 94.4 cm³/mol. The third-order valence-corrected chi connectivity index (χ3v) is 5.12. The predicted octanol–water partition coefficient (Wildman–Crippen LogP) is 3.87. The van der Waals surface area contributed by atoms with Crippen molar-refractivity contribution >= 4 is 29.1 Å². The smallest absolute Gasteiger partial charge is 0.238 e. The molecule has 1 rings (SSSR count). The van der Waals surface area contributed by atoms with E-state index in [0.717, 1.165) is 5.56 Å². The number of benzene rings is 1. The summed E-state index contributed by atoms with van der Waals surface area (Å²) in [5.41, 5.74) is -0.0342. The van der Waals surface area contributed by atoms with Gasteiger partial charge in [0.25, 0.3) is 0 Å². The van der Waals surface area contributed by atoms with Crippen LogP contribution in [0.25, 0.3) is 0 Å². The largest absolute Gasteiger partial charge is 0.336 e. The van der Waals surface area contributed by atoms with Crippen LogP contribution in [0.4, 0.5) is 0 Å². The Morgan fingerprint density at radius 1 is 1.39 bits per heavy atom. The Hall–Kier alpha value is -1.28. The zero-order chi connectivity index (χ0) is 17.8. The Labute approximate surface area is 148 Å². The summed E-state index contributed by atoms with van der Waals surface area (Å²) in [7, 11) is 1.83. The molecule has 4 nitrogen and oxygen atoms in total. The maximum Gasteiger partial charge on any atom is 0.238 e. The molecule has 0 aliphatic carbocycles. The summed E-state index contributed by atoms with van der Waals surface area (Å²) in [6, 6.07) is 7.21. The van der Waals surface area contributed by atoms with Crippen LogP contribution in [0.15, 0.2) is 18.2 Å². The third kappa shape index (κ3) is 4.84. The maximum absolute atomic E-state index is 12.4. The molecule has 1 N–H and O–H groups in total. The number of rotatable bonds is 6. The molecule has 0 fully saturated rings. The molecule has 1 aromatic rings. The SMILES string of the molecule is CC(C)[C@@](C)(C#N)NC(=O)[C@H](C)N(C)Cc1cccc(Cl)c1Cl. The first-order chi connectivity index (χ1) is 10.6. The third-order valence-electron chi connectivity index (χ3n) is 4.26. The van der Waals surface area contributed by atoms with Crippen LogP contribution in [-0.4, -0.2) is 29.4 Å². The molecule has 0 spiro atoms. The Balaban J connectivity index is 2.80. The molecule has 0 heterocycles. The van der Waals surface area contributed by atoms with Crippen LogP contribution in [0, 0.1) is 17.2 Å². The van der Waals surface area contributed by atoms with Gasteiger partial charge >= 0.3 is 0 Å².